The molecule has 0 unspecified atom stereocenters. The number of furan rings is 1. The molecule has 1 aliphatic rings. The highest BCUT2D eigenvalue weighted by atomic mass is 32.1. The maximum atomic E-state index is 9.42. The summed E-state index contributed by atoms with van der Waals surface area (Å²) in [4.78, 5) is 4.59. The molecule has 0 fully saturated rings. The van der Waals surface area contributed by atoms with Gasteiger partial charge in [-0.3, -0.25) is 0 Å². The van der Waals surface area contributed by atoms with Gasteiger partial charge in [0.2, 0.25) is 0 Å². The minimum Gasteiger partial charge on any atom is -0.490 e. The standard InChI is InChI=1S/C19H14N2O3S/c20-11-14(9-15-3-1-6-22-15)19-21-16(12-25-19)13-4-5-17-18(10-13)24-8-2-7-23-17/h1,3-6,9-10,12H,2,7-8H2/b14-9+. The molecule has 0 aliphatic carbocycles. The zero-order valence-electron chi connectivity index (χ0n) is 13.3. The first-order valence-corrected chi connectivity index (χ1v) is 8.73. The number of fused-ring (bicyclic) bond motifs is 1. The van der Waals surface area contributed by atoms with Crippen molar-refractivity contribution in [3.63, 3.8) is 0 Å². The van der Waals surface area contributed by atoms with E-state index in [2.05, 4.69) is 11.1 Å². The van der Waals surface area contributed by atoms with Crippen LogP contribution in [0.25, 0.3) is 22.9 Å². The Morgan fingerprint density at radius 2 is 2.08 bits per heavy atom. The minimum atomic E-state index is 0.473. The second-order valence-electron chi connectivity index (χ2n) is 5.44. The highest BCUT2D eigenvalue weighted by Crippen LogP contribution is 2.35. The van der Waals surface area contributed by atoms with Crippen molar-refractivity contribution < 1.29 is 13.9 Å². The summed E-state index contributed by atoms with van der Waals surface area (Å²) in [5, 5.41) is 12.0. The van der Waals surface area contributed by atoms with E-state index in [1.165, 1.54) is 11.3 Å². The van der Waals surface area contributed by atoms with Gasteiger partial charge in [-0.05, 0) is 30.3 Å². The number of hydrogen-bond donors (Lipinski definition) is 0. The Bertz CT molecular complexity index is 951. The van der Waals surface area contributed by atoms with Crippen LogP contribution in [0.5, 0.6) is 11.5 Å². The molecule has 3 aromatic rings. The van der Waals surface area contributed by atoms with Crippen molar-refractivity contribution in [3.05, 3.63) is 52.7 Å². The van der Waals surface area contributed by atoms with Crippen LogP contribution in [0.1, 0.15) is 17.2 Å². The van der Waals surface area contributed by atoms with Crippen molar-refractivity contribution in [3.8, 4) is 28.8 Å². The molecule has 25 heavy (non-hydrogen) atoms. The van der Waals surface area contributed by atoms with E-state index in [0.717, 1.165) is 29.2 Å². The van der Waals surface area contributed by atoms with Crippen molar-refractivity contribution in [1.82, 2.24) is 4.98 Å². The highest BCUT2D eigenvalue weighted by Gasteiger charge is 2.14. The molecule has 0 bridgehead atoms. The number of hydrogen-bond acceptors (Lipinski definition) is 6. The molecule has 0 spiro atoms. The fraction of sp³-hybridized carbons (Fsp3) is 0.158. The van der Waals surface area contributed by atoms with E-state index in [1.807, 2.05) is 23.6 Å². The fourth-order valence-corrected chi connectivity index (χ4v) is 3.30. The van der Waals surface area contributed by atoms with Crippen molar-refractivity contribution >= 4 is 23.0 Å². The first kappa shape index (κ1) is 15.5. The lowest BCUT2D eigenvalue weighted by atomic mass is 10.1. The Kier molecular flexibility index (Phi) is 4.23. The van der Waals surface area contributed by atoms with Crippen LogP contribution >= 0.6 is 11.3 Å². The molecule has 5 nitrogen and oxygen atoms in total. The van der Waals surface area contributed by atoms with Gasteiger partial charge >= 0.3 is 0 Å². The van der Waals surface area contributed by atoms with Crippen LogP contribution in [0.2, 0.25) is 0 Å². The molecule has 0 N–H and O–H groups in total. The second kappa shape index (κ2) is 6.83. The van der Waals surface area contributed by atoms with Crippen LogP contribution < -0.4 is 9.47 Å². The number of allylic oxidation sites excluding steroid dienone is 1. The molecule has 0 saturated carbocycles. The Balaban J connectivity index is 1.65. The van der Waals surface area contributed by atoms with Crippen molar-refractivity contribution in [1.29, 1.82) is 5.26 Å². The molecule has 0 radical (unpaired) electrons. The van der Waals surface area contributed by atoms with Gasteiger partial charge in [-0.25, -0.2) is 4.98 Å². The van der Waals surface area contributed by atoms with Gasteiger partial charge in [0.25, 0.3) is 0 Å². The summed E-state index contributed by atoms with van der Waals surface area (Å²) in [6.07, 6.45) is 4.14. The SMILES string of the molecule is N#C/C(=C\c1ccco1)c1nc(-c2ccc3c(c2)OCCCO3)cs1. The molecule has 3 heterocycles. The molecular weight excluding hydrogens is 336 g/mol. The zero-order valence-corrected chi connectivity index (χ0v) is 14.1. The third-order valence-electron chi connectivity index (χ3n) is 3.73. The van der Waals surface area contributed by atoms with E-state index < -0.39 is 0 Å². The summed E-state index contributed by atoms with van der Waals surface area (Å²) in [6, 6.07) is 11.6. The summed E-state index contributed by atoms with van der Waals surface area (Å²) in [7, 11) is 0. The summed E-state index contributed by atoms with van der Waals surface area (Å²) in [6.45, 7) is 1.31. The number of benzene rings is 1. The van der Waals surface area contributed by atoms with Crippen molar-refractivity contribution in [2.45, 2.75) is 6.42 Å². The smallest absolute Gasteiger partial charge is 0.161 e. The molecule has 0 saturated heterocycles. The topological polar surface area (TPSA) is 68.3 Å². The summed E-state index contributed by atoms with van der Waals surface area (Å²) in [5.41, 5.74) is 2.21. The van der Waals surface area contributed by atoms with Crippen LogP contribution in [0.15, 0.2) is 46.4 Å². The lowest BCUT2D eigenvalue weighted by Crippen LogP contribution is -1.97. The highest BCUT2D eigenvalue weighted by molar-refractivity contribution is 7.11. The molecule has 1 aliphatic heterocycles. The lowest BCUT2D eigenvalue weighted by molar-refractivity contribution is 0.297. The average Bonchev–Trinajstić information content (AvgIpc) is 3.27. The molecule has 6 heteroatoms. The van der Waals surface area contributed by atoms with Crippen LogP contribution in [0, 0.1) is 11.3 Å². The monoisotopic (exact) mass is 350 g/mol. The number of thiazole rings is 1. The molecule has 1 aromatic carbocycles. The van der Waals surface area contributed by atoms with Crippen molar-refractivity contribution in [2.24, 2.45) is 0 Å². The minimum absolute atomic E-state index is 0.473. The Morgan fingerprint density at radius 1 is 1.20 bits per heavy atom. The fourth-order valence-electron chi connectivity index (χ4n) is 2.51. The second-order valence-corrected chi connectivity index (χ2v) is 6.29. The van der Waals surface area contributed by atoms with Gasteiger partial charge in [0.15, 0.2) is 11.5 Å². The van der Waals surface area contributed by atoms with Gasteiger partial charge < -0.3 is 13.9 Å². The van der Waals surface area contributed by atoms with E-state index in [0.29, 0.717) is 29.6 Å². The lowest BCUT2D eigenvalue weighted by Gasteiger charge is -2.08. The van der Waals surface area contributed by atoms with Crippen LogP contribution in [-0.4, -0.2) is 18.2 Å². The van der Waals surface area contributed by atoms with E-state index in [1.54, 1.807) is 24.5 Å². The maximum Gasteiger partial charge on any atom is 0.161 e. The zero-order chi connectivity index (χ0) is 17.1. The van der Waals surface area contributed by atoms with Gasteiger partial charge in [-0.2, -0.15) is 5.26 Å². The molecule has 4 rings (SSSR count). The molecular formula is C19H14N2O3S. The average molecular weight is 350 g/mol. The number of aromatic nitrogens is 1. The van der Waals surface area contributed by atoms with E-state index in [9.17, 15) is 5.26 Å². The number of nitriles is 1. The quantitative estimate of drug-likeness (QED) is 0.644. The normalized spacial score (nSPS) is 14.0. The Morgan fingerprint density at radius 3 is 2.88 bits per heavy atom. The predicted octanol–water partition coefficient (Wildman–Crippen LogP) is 4.63. The number of ether oxygens (including phenoxy) is 2. The maximum absolute atomic E-state index is 9.42. The first-order valence-electron chi connectivity index (χ1n) is 7.85. The van der Waals surface area contributed by atoms with Gasteiger partial charge in [-0.15, -0.1) is 11.3 Å². The van der Waals surface area contributed by atoms with Crippen LogP contribution in [0.3, 0.4) is 0 Å². The van der Waals surface area contributed by atoms with Gasteiger partial charge in [0, 0.05) is 23.4 Å². The molecule has 0 amide bonds. The van der Waals surface area contributed by atoms with Gasteiger partial charge in [0.1, 0.15) is 16.8 Å². The van der Waals surface area contributed by atoms with Crippen molar-refractivity contribution in [2.75, 3.05) is 13.2 Å². The molecule has 124 valence electrons. The van der Waals surface area contributed by atoms with Gasteiger partial charge in [0.05, 0.1) is 30.7 Å². The summed E-state index contributed by atoms with van der Waals surface area (Å²) in [5.74, 6) is 2.12. The van der Waals surface area contributed by atoms with E-state index in [-0.39, 0.29) is 0 Å². The first-order chi connectivity index (χ1) is 12.3. The summed E-state index contributed by atoms with van der Waals surface area (Å²) < 4.78 is 16.7. The number of rotatable bonds is 3. The Hall–Kier alpha value is -3.04. The van der Waals surface area contributed by atoms with Crippen LogP contribution in [-0.2, 0) is 0 Å². The molecule has 0 atom stereocenters. The van der Waals surface area contributed by atoms with Gasteiger partial charge in [-0.1, -0.05) is 0 Å². The third kappa shape index (κ3) is 3.28. The largest absolute Gasteiger partial charge is 0.490 e. The summed E-state index contributed by atoms with van der Waals surface area (Å²) >= 11 is 1.42. The predicted molar refractivity (Wildman–Crippen MR) is 95.3 cm³/mol. The third-order valence-corrected chi connectivity index (χ3v) is 4.60. The van der Waals surface area contributed by atoms with E-state index >= 15 is 0 Å². The number of nitrogens with zero attached hydrogens (tertiary/aromatic N) is 2. The van der Waals surface area contributed by atoms with E-state index in [4.69, 9.17) is 13.9 Å². The molecule has 2 aromatic heterocycles. The van der Waals surface area contributed by atoms with Crippen LogP contribution in [0.4, 0.5) is 0 Å². The Labute approximate surface area is 148 Å².